The van der Waals surface area contributed by atoms with Gasteiger partial charge in [-0.25, -0.2) is 4.79 Å². The van der Waals surface area contributed by atoms with Crippen LogP contribution in [0.15, 0.2) is 12.2 Å². The van der Waals surface area contributed by atoms with Crippen molar-refractivity contribution in [3.63, 3.8) is 0 Å². The van der Waals surface area contributed by atoms with Crippen molar-refractivity contribution < 1.29 is 9.90 Å². The first kappa shape index (κ1) is 10.6. The number of carboxylic acids is 1. The molecular weight excluding hydrogens is 184 g/mol. The second-order valence-electron chi connectivity index (χ2n) is 3.33. The molecule has 0 bridgehead atoms. The Labute approximate surface area is 83.4 Å². The fourth-order valence-corrected chi connectivity index (χ4v) is 2.72. The molecule has 74 valence electrons. The van der Waals surface area contributed by atoms with Crippen LogP contribution in [0, 0.1) is 0 Å². The van der Waals surface area contributed by atoms with Crippen molar-refractivity contribution in [2.45, 2.75) is 37.4 Å². The van der Waals surface area contributed by atoms with Gasteiger partial charge in [0.2, 0.25) is 0 Å². The first-order chi connectivity index (χ1) is 6.29. The van der Waals surface area contributed by atoms with E-state index in [2.05, 4.69) is 0 Å². The van der Waals surface area contributed by atoms with Gasteiger partial charge in [-0.05, 0) is 12.8 Å². The van der Waals surface area contributed by atoms with E-state index in [0.717, 1.165) is 11.0 Å². The van der Waals surface area contributed by atoms with Gasteiger partial charge in [-0.1, -0.05) is 25.3 Å². The van der Waals surface area contributed by atoms with E-state index >= 15 is 0 Å². The summed E-state index contributed by atoms with van der Waals surface area (Å²) >= 11 is 1.89. The van der Waals surface area contributed by atoms with Gasteiger partial charge in [-0.15, -0.1) is 0 Å². The predicted molar refractivity (Wildman–Crippen MR) is 56.1 cm³/mol. The molecule has 0 aromatic heterocycles. The van der Waals surface area contributed by atoms with Crippen molar-refractivity contribution in [3.05, 3.63) is 12.2 Å². The highest BCUT2D eigenvalue weighted by atomic mass is 32.2. The fraction of sp³-hybridized carbons (Fsp3) is 0.700. The maximum absolute atomic E-state index is 10.2. The summed E-state index contributed by atoms with van der Waals surface area (Å²) in [6.45, 7) is 0. The average molecular weight is 200 g/mol. The monoisotopic (exact) mass is 200 g/mol. The highest BCUT2D eigenvalue weighted by Gasteiger charge is 2.12. The first-order valence-corrected chi connectivity index (χ1v) is 5.85. The number of hydrogen-bond donors (Lipinski definition) is 1. The zero-order chi connectivity index (χ0) is 9.52. The zero-order valence-electron chi connectivity index (χ0n) is 7.74. The Bertz CT molecular complexity index is 183. The van der Waals surface area contributed by atoms with Gasteiger partial charge in [0.25, 0.3) is 0 Å². The second-order valence-corrected chi connectivity index (χ2v) is 4.67. The molecule has 1 aliphatic rings. The molecule has 3 heteroatoms. The van der Waals surface area contributed by atoms with Crippen molar-refractivity contribution in [1.82, 2.24) is 0 Å². The topological polar surface area (TPSA) is 37.3 Å². The van der Waals surface area contributed by atoms with Crippen LogP contribution in [0.25, 0.3) is 0 Å². The molecule has 0 unspecified atom stereocenters. The number of carbonyl (C=O) groups is 1. The SMILES string of the molecule is O=C(O)C=CCSC1CCCCC1. The minimum absolute atomic E-state index is 0.771. The molecule has 0 heterocycles. The standard InChI is InChI=1S/C10H16O2S/c11-10(12)7-4-8-13-9-5-2-1-3-6-9/h4,7,9H,1-3,5-6,8H2,(H,11,12). The van der Waals surface area contributed by atoms with Crippen molar-refractivity contribution >= 4 is 17.7 Å². The van der Waals surface area contributed by atoms with E-state index in [1.807, 2.05) is 11.8 Å². The summed E-state index contributed by atoms with van der Waals surface area (Å²) in [6, 6.07) is 0. The number of thioether (sulfide) groups is 1. The molecule has 0 aromatic carbocycles. The molecule has 0 amide bonds. The molecular formula is C10H16O2S. The number of hydrogen-bond acceptors (Lipinski definition) is 2. The highest BCUT2D eigenvalue weighted by molar-refractivity contribution is 8.00. The first-order valence-electron chi connectivity index (χ1n) is 4.80. The molecule has 1 fully saturated rings. The zero-order valence-corrected chi connectivity index (χ0v) is 8.55. The number of aliphatic carboxylic acids is 1. The van der Waals surface area contributed by atoms with Crippen molar-refractivity contribution in [2.75, 3.05) is 5.75 Å². The maximum Gasteiger partial charge on any atom is 0.328 e. The van der Waals surface area contributed by atoms with E-state index in [1.54, 1.807) is 6.08 Å². The number of carboxylic acid groups (broad SMARTS) is 1. The van der Waals surface area contributed by atoms with Crippen LogP contribution in [0.1, 0.15) is 32.1 Å². The summed E-state index contributed by atoms with van der Waals surface area (Å²) < 4.78 is 0. The van der Waals surface area contributed by atoms with Crippen LogP contribution in [0.3, 0.4) is 0 Å². The van der Waals surface area contributed by atoms with Crippen molar-refractivity contribution in [2.24, 2.45) is 0 Å². The summed E-state index contributed by atoms with van der Waals surface area (Å²) in [5, 5.41) is 9.12. The van der Waals surface area contributed by atoms with Crippen molar-refractivity contribution in [3.8, 4) is 0 Å². The lowest BCUT2D eigenvalue weighted by molar-refractivity contribution is -0.131. The van der Waals surface area contributed by atoms with Crippen LogP contribution in [0.2, 0.25) is 0 Å². The summed E-state index contributed by atoms with van der Waals surface area (Å²) in [5.74, 6) is 0.000921. The minimum Gasteiger partial charge on any atom is -0.478 e. The summed E-state index contributed by atoms with van der Waals surface area (Å²) in [4.78, 5) is 10.2. The molecule has 0 aliphatic heterocycles. The predicted octanol–water partition coefficient (Wildman–Crippen LogP) is 2.69. The Morgan fingerprint density at radius 2 is 2.08 bits per heavy atom. The van der Waals surface area contributed by atoms with Crippen LogP contribution in [-0.4, -0.2) is 22.1 Å². The van der Waals surface area contributed by atoms with Gasteiger partial charge in [0.05, 0.1) is 0 Å². The Kier molecular flexibility index (Phi) is 4.98. The largest absolute Gasteiger partial charge is 0.478 e. The van der Waals surface area contributed by atoms with Crippen LogP contribution >= 0.6 is 11.8 Å². The van der Waals surface area contributed by atoms with Crippen LogP contribution in [0.4, 0.5) is 0 Å². The van der Waals surface area contributed by atoms with Crippen LogP contribution < -0.4 is 0 Å². The molecule has 13 heavy (non-hydrogen) atoms. The van der Waals surface area contributed by atoms with E-state index in [4.69, 9.17) is 5.11 Å². The van der Waals surface area contributed by atoms with Gasteiger partial charge >= 0.3 is 5.97 Å². The fourth-order valence-electron chi connectivity index (χ4n) is 1.57. The molecule has 0 radical (unpaired) electrons. The van der Waals surface area contributed by atoms with Gasteiger partial charge < -0.3 is 5.11 Å². The molecule has 0 saturated heterocycles. The van der Waals surface area contributed by atoms with Gasteiger partial charge in [0.1, 0.15) is 0 Å². The third kappa shape index (κ3) is 4.98. The van der Waals surface area contributed by atoms with E-state index in [1.165, 1.54) is 38.2 Å². The average Bonchev–Trinajstić information content (AvgIpc) is 2.14. The Hall–Kier alpha value is -0.440. The molecule has 1 rings (SSSR count). The molecule has 0 spiro atoms. The van der Waals surface area contributed by atoms with E-state index in [9.17, 15) is 4.79 Å². The van der Waals surface area contributed by atoms with Gasteiger partial charge in [0.15, 0.2) is 0 Å². The lowest BCUT2D eigenvalue weighted by Gasteiger charge is -2.19. The quantitative estimate of drug-likeness (QED) is 0.709. The smallest absolute Gasteiger partial charge is 0.328 e. The minimum atomic E-state index is -0.843. The van der Waals surface area contributed by atoms with Gasteiger partial charge in [0, 0.05) is 17.1 Å². The number of rotatable bonds is 4. The molecule has 0 atom stereocenters. The second kappa shape index (κ2) is 6.08. The van der Waals surface area contributed by atoms with Crippen molar-refractivity contribution in [1.29, 1.82) is 0 Å². The highest BCUT2D eigenvalue weighted by Crippen LogP contribution is 2.27. The lowest BCUT2D eigenvalue weighted by atomic mass is 10.0. The lowest BCUT2D eigenvalue weighted by Crippen LogP contribution is -2.08. The molecule has 2 nitrogen and oxygen atoms in total. The molecule has 1 saturated carbocycles. The molecule has 1 N–H and O–H groups in total. The maximum atomic E-state index is 10.2. The summed E-state index contributed by atoms with van der Waals surface area (Å²) in [7, 11) is 0. The Morgan fingerprint density at radius 1 is 1.38 bits per heavy atom. The van der Waals surface area contributed by atoms with E-state index < -0.39 is 5.97 Å². The molecule has 1 aliphatic carbocycles. The normalized spacial score (nSPS) is 19.4. The summed E-state index contributed by atoms with van der Waals surface area (Å²) in [5.41, 5.74) is 0. The Morgan fingerprint density at radius 3 is 2.69 bits per heavy atom. The van der Waals surface area contributed by atoms with Gasteiger partial charge in [-0.3, -0.25) is 0 Å². The summed E-state index contributed by atoms with van der Waals surface area (Å²) in [6.07, 6.45) is 9.66. The van der Waals surface area contributed by atoms with Gasteiger partial charge in [-0.2, -0.15) is 11.8 Å². The third-order valence-electron chi connectivity index (χ3n) is 2.24. The molecule has 0 aromatic rings. The van der Waals surface area contributed by atoms with E-state index in [-0.39, 0.29) is 0 Å². The third-order valence-corrected chi connectivity index (χ3v) is 3.57. The van der Waals surface area contributed by atoms with Crippen LogP contribution in [0.5, 0.6) is 0 Å². The Balaban J connectivity index is 2.07. The van der Waals surface area contributed by atoms with Crippen LogP contribution in [-0.2, 0) is 4.79 Å². The van der Waals surface area contributed by atoms with E-state index in [0.29, 0.717) is 0 Å².